The Hall–Kier alpha value is -1.46. The first-order valence-corrected chi connectivity index (χ1v) is 7.30. The highest BCUT2D eigenvalue weighted by atomic mass is 35.5. The highest BCUT2D eigenvalue weighted by Crippen LogP contribution is 2.27. The van der Waals surface area contributed by atoms with Gasteiger partial charge in [-0.15, -0.1) is 12.4 Å². The van der Waals surface area contributed by atoms with E-state index in [9.17, 15) is 4.79 Å². The number of nitrogens with two attached hydrogens (primary N) is 1. The van der Waals surface area contributed by atoms with Crippen molar-refractivity contribution >= 4 is 18.3 Å². The van der Waals surface area contributed by atoms with Crippen LogP contribution < -0.4 is 20.5 Å². The van der Waals surface area contributed by atoms with Gasteiger partial charge in [0.05, 0.1) is 19.8 Å². The van der Waals surface area contributed by atoms with Crippen LogP contribution >= 0.6 is 12.4 Å². The van der Waals surface area contributed by atoms with Gasteiger partial charge in [0.15, 0.2) is 11.5 Å². The van der Waals surface area contributed by atoms with Gasteiger partial charge in [0.25, 0.3) is 0 Å². The van der Waals surface area contributed by atoms with Crippen molar-refractivity contribution in [3.05, 3.63) is 23.8 Å². The summed E-state index contributed by atoms with van der Waals surface area (Å²) in [6.45, 7) is 6.99. The van der Waals surface area contributed by atoms with Gasteiger partial charge in [0.2, 0.25) is 5.91 Å². The van der Waals surface area contributed by atoms with E-state index in [-0.39, 0.29) is 18.3 Å². The summed E-state index contributed by atoms with van der Waals surface area (Å²) in [6.07, 6.45) is 0.679. The van der Waals surface area contributed by atoms with E-state index in [0.717, 1.165) is 5.56 Å². The molecule has 0 fully saturated rings. The predicted molar refractivity (Wildman–Crippen MR) is 90.7 cm³/mol. The van der Waals surface area contributed by atoms with Crippen molar-refractivity contribution in [1.29, 1.82) is 0 Å². The normalized spacial score (nSPS) is 11.5. The molecular weight excluding hydrogens is 304 g/mol. The summed E-state index contributed by atoms with van der Waals surface area (Å²) in [5.41, 5.74) is 6.80. The minimum atomic E-state index is -0.463. The van der Waals surface area contributed by atoms with Crippen molar-refractivity contribution in [2.24, 2.45) is 11.7 Å². The monoisotopic (exact) mass is 330 g/mol. The summed E-state index contributed by atoms with van der Waals surface area (Å²) < 4.78 is 10.7. The number of ether oxygens (including phenoxy) is 2. The molecule has 0 heterocycles. The van der Waals surface area contributed by atoms with Crippen LogP contribution in [0.4, 0.5) is 0 Å². The Morgan fingerprint density at radius 3 is 2.55 bits per heavy atom. The van der Waals surface area contributed by atoms with Crippen molar-refractivity contribution in [3.63, 3.8) is 0 Å². The number of nitrogens with one attached hydrogen (secondary N) is 1. The Labute approximate surface area is 139 Å². The first-order valence-electron chi connectivity index (χ1n) is 7.30. The number of hydrogen-bond donors (Lipinski definition) is 2. The molecule has 0 spiro atoms. The quantitative estimate of drug-likeness (QED) is 0.768. The molecule has 22 heavy (non-hydrogen) atoms. The zero-order chi connectivity index (χ0) is 15.8. The lowest BCUT2D eigenvalue weighted by molar-refractivity contribution is -0.122. The summed E-state index contributed by atoms with van der Waals surface area (Å²) in [6, 6.07) is 5.14. The average Bonchev–Trinajstić information content (AvgIpc) is 2.44. The molecule has 0 saturated carbocycles. The average molecular weight is 331 g/mol. The fourth-order valence-corrected chi connectivity index (χ4v) is 2.03. The van der Waals surface area contributed by atoms with E-state index in [1.165, 1.54) is 0 Å². The largest absolute Gasteiger partial charge is 0.493 e. The molecule has 126 valence electrons. The molecule has 0 radical (unpaired) electrons. The third-order valence-corrected chi connectivity index (χ3v) is 3.06. The number of hydrogen-bond acceptors (Lipinski definition) is 4. The van der Waals surface area contributed by atoms with Crippen molar-refractivity contribution in [3.8, 4) is 11.5 Å². The van der Waals surface area contributed by atoms with Gasteiger partial charge in [-0.2, -0.15) is 0 Å². The second-order valence-corrected chi connectivity index (χ2v) is 5.37. The summed E-state index contributed by atoms with van der Waals surface area (Å²) in [5.74, 6) is 1.63. The number of rotatable bonds is 8. The third-order valence-electron chi connectivity index (χ3n) is 3.06. The molecule has 0 aliphatic heterocycles. The highest BCUT2D eigenvalue weighted by molar-refractivity contribution is 5.85. The van der Waals surface area contributed by atoms with Crippen LogP contribution in [0.15, 0.2) is 18.2 Å². The topological polar surface area (TPSA) is 73.6 Å². The lowest BCUT2D eigenvalue weighted by atomic mass is 10.0. The van der Waals surface area contributed by atoms with E-state index in [2.05, 4.69) is 5.32 Å². The molecule has 1 atom stereocenters. The van der Waals surface area contributed by atoms with E-state index in [0.29, 0.717) is 37.0 Å². The molecule has 3 N–H and O–H groups in total. The zero-order valence-electron chi connectivity index (χ0n) is 13.7. The maximum atomic E-state index is 11.9. The fourth-order valence-electron chi connectivity index (χ4n) is 2.03. The molecule has 1 aromatic rings. The molecular formula is C16H27ClN2O3. The second-order valence-electron chi connectivity index (χ2n) is 5.37. The van der Waals surface area contributed by atoms with E-state index >= 15 is 0 Å². The zero-order valence-corrected chi connectivity index (χ0v) is 14.5. The third kappa shape index (κ3) is 6.54. The van der Waals surface area contributed by atoms with Gasteiger partial charge in [-0.05, 0) is 37.0 Å². The smallest absolute Gasteiger partial charge is 0.237 e. The van der Waals surface area contributed by atoms with Crippen molar-refractivity contribution < 1.29 is 14.3 Å². The SMILES string of the molecule is CCOc1cc(CNC(=O)[C@@H](N)CC(C)C)ccc1OC.Cl. The Morgan fingerprint density at radius 1 is 1.32 bits per heavy atom. The number of amides is 1. The van der Waals surface area contributed by atoms with Crippen molar-refractivity contribution in [2.45, 2.75) is 39.8 Å². The van der Waals surface area contributed by atoms with E-state index < -0.39 is 6.04 Å². The van der Waals surface area contributed by atoms with E-state index in [1.54, 1.807) is 7.11 Å². The number of halogens is 1. The molecule has 0 aliphatic rings. The van der Waals surface area contributed by atoms with Gasteiger partial charge >= 0.3 is 0 Å². The fraction of sp³-hybridized carbons (Fsp3) is 0.562. The summed E-state index contributed by atoms with van der Waals surface area (Å²) in [4.78, 5) is 11.9. The standard InChI is InChI=1S/C16H26N2O3.ClH/c1-5-21-15-9-12(6-7-14(15)20-4)10-18-16(19)13(17)8-11(2)3;/h6-7,9,11,13H,5,8,10,17H2,1-4H3,(H,18,19);1H/t13-;/m0./s1. The van der Waals surface area contributed by atoms with Crippen LogP contribution in [0.2, 0.25) is 0 Å². The first-order chi connectivity index (χ1) is 9.97. The summed E-state index contributed by atoms with van der Waals surface area (Å²) in [5, 5.41) is 2.85. The van der Waals surface area contributed by atoms with Gasteiger partial charge in [0.1, 0.15) is 0 Å². The molecule has 0 saturated heterocycles. The Kier molecular flexibility index (Phi) is 9.61. The molecule has 1 rings (SSSR count). The van der Waals surface area contributed by atoms with Crippen LogP contribution in [0.25, 0.3) is 0 Å². The maximum Gasteiger partial charge on any atom is 0.237 e. The minimum absolute atomic E-state index is 0. The van der Waals surface area contributed by atoms with Gasteiger partial charge in [-0.1, -0.05) is 19.9 Å². The number of methoxy groups -OCH3 is 1. The second kappa shape index (κ2) is 10.3. The lowest BCUT2D eigenvalue weighted by Crippen LogP contribution is -2.41. The number of carbonyl (C=O) groups is 1. The predicted octanol–water partition coefficient (Wildman–Crippen LogP) is 2.51. The van der Waals surface area contributed by atoms with Crippen LogP contribution in [0.3, 0.4) is 0 Å². The summed E-state index contributed by atoms with van der Waals surface area (Å²) in [7, 11) is 1.60. The summed E-state index contributed by atoms with van der Waals surface area (Å²) >= 11 is 0. The van der Waals surface area contributed by atoms with Crippen LogP contribution in [0.5, 0.6) is 11.5 Å². The molecule has 0 aliphatic carbocycles. The molecule has 1 amide bonds. The van der Waals surface area contributed by atoms with E-state index in [4.69, 9.17) is 15.2 Å². The van der Waals surface area contributed by atoms with Crippen molar-refractivity contribution in [1.82, 2.24) is 5.32 Å². The molecule has 0 aromatic heterocycles. The van der Waals surface area contributed by atoms with Crippen LogP contribution in [-0.4, -0.2) is 25.7 Å². The van der Waals surface area contributed by atoms with Gasteiger partial charge < -0.3 is 20.5 Å². The number of benzene rings is 1. The Bertz CT molecular complexity index is 467. The maximum absolute atomic E-state index is 11.9. The molecule has 1 aromatic carbocycles. The van der Waals surface area contributed by atoms with Gasteiger partial charge in [0, 0.05) is 6.54 Å². The van der Waals surface area contributed by atoms with Gasteiger partial charge in [-0.3, -0.25) is 4.79 Å². The molecule has 5 nitrogen and oxygen atoms in total. The Balaban J connectivity index is 0.00000441. The highest BCUT2D eigenvalue weighted by Gasteiger charge is 2.14. The minimum Gasteiger partial charge on any atom is -0.493 e. The Morgan fingerprint density at radius 2 is 2.00 bits per heavy atom. The van der Waals surface area contributed by atoms with E-state index in [1.807, 2.05) is 39.0 Å². The van der Waals surface area contributed by atoms with Gasteiger partial charge in [-0.25, -0.2) is 0 Å². The van der Waals surface area contributed by atoms with Crippen molar-refractivity contribution in [2.75, 3.05) is 13.7 Å². The molecule has 0 unspecified atom stereocenters. The number of carbonyl (C=O) groups excluding carboxylic acids is 1. The van der Waals surface area contributed by atoms with Crippen LogP contribution in [0.1, 0.15) is 32.8 Å². The first kappa shape index (κ1) is 20.5. The van der Waals surface area contributed by atoms with Crippen LogP contribution in [-0.2, 0) is 11.3 Å². The molecule has 0 bridgehead atoms. The lowest BCUT2D eigenvalue weighted by Gasteiger charge is -2.15. The van der Waals surface area contributed by atoms with Crippen LogP contribution in [0, 0.1) is 5.92 Å². The molecule has 6 heteroatoms.